The number of nitrogen functional groups attached to an aromatic ring is 1. The van der Waals surface area contributed by atoms with Crippen LogP contribution in [-0.2, 0) is 6.42 Å². The summed E-state index contributed by atoms with van der Waals surface area (Å²) < 4.78 is 30.2. The van der Waals surface area contributed by atoms with Crippen LogP contribution in [0.2, 0.25) is 0 Å². The number of aryl methyl sites for hydroxylation is 1. The Morgan fingerprint density at radius 3 is 2.85 bits per heavy atom. The molecule has 2 atom stereocenters. The molecule has 0 bridgehead atoms. The van der Waals surface area contributed by atoms with Crippen molar-refractivity contribution in [3.05, 3.63) is 29.7 Å². The number of carbonyl (C=O) groups excluding carboxylic acids is 1. The predicted molar refractivity (Wildman–Crippen MR) is 94.8 cm³/mol. The van der Waals surface area contributed by atoms with Gasteiger partial charge in [0, 0.05) is 24.7 Å². The van der Waals surface area contributed by atoms with Crippen LogP contribution in [0.1, 0.15) is 55.1 Å². The molecule has 3 rings (SSSR count). The zero-order chi connectivity index (χ0) is 19.6. The van der Waals surface area contributed by atoms with E-state index in [2.05, 4.69) is 15.1 Å². The Bertz CT molecular complexity index is 810. The first-order valence-corrected chi connectivity index (χ1v) is 9.03. The molecule has 27 heavy (non-hydrogen) atoms. The number of hydrogen-bond acceptors (Lipinski definition) is 6. The van der Waals surface area contributed by atoms with E-state index in [0.29, 0.717) is 25.0 Å². The van der Waals surface area contributed by atoms with Crippen molar-refractivity contribution in [3.63, 3.8) is 0 Å². The molecule has 0 unspecified atom stereocenters. The number of halogens is 2. The highest BCUT2D eigenvalue weighted by atomic mass is 19.3. The number of rotatable bonds is 5. The van der Waals surface area contributed by atoms with Gasteiger partial charge in [-0.3, -0.25) is 4.79 Å². The summed E-state index contributed by atoms with van der Waals surface area (Å²) >= 11 is 0. The average Bonchev–Trinajstić information content (AvgIpc) is 3.08. The summed E-state index contributed by atoms with van der Waals surface area (Å²) in [6.07, 6.45) is 3.25. The normalized spacial score (nSPS) is 22.4. The Morgan fingerprint density at radius 1 is 1.41 bits per heavy atom. The molecule has 7 nitrogen and oxygen atoms in total. The van der Waals surface area contributed by atoms with Gasteiger partial charge in [-0.05, 0) is 38.7 Å². The number of Topliss-reactive ketones (excluding diaryl/α,β-unsaturated/α-hetero) is 1. The number of anilines is 1. The van der Waals surface area contributed by atoms with Gasteiger partial charge >= 0.3 is 0 Å². The van der Waals surface area contributed by atoms with Gasteiger partial charge in [0.1, 0.15) is 0 Å². The number of aliphatic hydroxyl groups is 1. The third-order valence-corrected chi connectivity index (χ3v) is 5.01. The summed E-state index contributed by atoms with van der Waals surface area (Å²) in [5.41, 5.74) is 6.28. The van der Waals surface area contributed by atoms with Gasteiger partial charge in [0.05, 0.1) is 17.4 Å². The van der Waals surface area contributed by atoms with E-state index in [-0.39, 0.29) is 42.4 Å². The van der Waals surface area contributed by atoms with Gasteiger partial charge in [-0.1, -0.05) is 6.42 Å². The highest BCUT2D eigenvalue weighted by Crippen LogP contribution is 2.40. The molecule has 2 aromatic heterocycles. The summed E-state index contributed by atoms with van der Waals surface area (Å²) in [6.45, 7) is 1.36. The summed E-state index contributed by atoms with van der Waals surface area (Å²) in [4.78, 5) is 20.5. The lowest BCUT2D eigenvalue weighted by molar-refractivity contribution is -0.104. The van der Waals surface area contributed by atoms with E-state index in [1.807, 2.05) is 0 Å². The zero-order valence-corrected chi connectivity index (χ0v) is 15.1. The van der Waals surface area contributed by atoms with Crippen LogP contribution >= 0.6 is 0 Å². The maximum absolute atomic E-state index is 14.4. The van der Waals surface area contributed by atoms with Crippen molar-refractivity contribution in [3.8, 4) is 5.82 Å². The van der Waals surface area contributed by atoms with Crippen molar-refractivity contribution in [2.75, 3.05) is 5.73 Å². The highest BCUT2D eigenvalue weighted by Gasteiger charge is 2.44. The molecular weight excluding hydrogens is 356 g/mol. The predicted octanol–water partition coefficient (Wildman–Crippen LogP) is 2.57. The van der Waals surface area contributed by atoms with Gasteiger partial charge in [-0.25, -0.2) is 18.4 Å². The molecule has 1 saturated carbocycles. The second kappa shape index (κ2) is 7.67. The Morgan fingerprint density at radius 2 is 2.19 bits per heavy atom. The molecule has 0 aromatic carbocycles. The number of nitrogens with zero attached hydrogens (tertiary/aromatic N) is 4. The molecule has 9 heteroatoms. The Hall–Kier alpha value is -2.42. The largest absolute Gasteiger partial charge is 0.393 e. The first-order valence-electron chi connectivity index (χ1n) is 9.03. The van der Waals surface area contributed by atoms with Crippen LogP contribution in [0.5, 0.6) is 0 Å². The first-order chi connectivity index (χ1) is 12.8. The van der Waals surface area contributed by atoms with E-state index in [4.69, 9.17) is 5.73 Å². The van der Waals surface area contributed by atoms with E-state index in [1.54, 1.807) is 12.3 Å². The van der Waals surface area contributed by atoms with Crippen molar-refractivity contribution in [1.29, 1.82) is 0 Å². The van der Waals surface area contributed by atoms with Crippen LogP contribution in [0.25, 0.3) is 5.82 Å². The van der Waals surface area contributed by atoms with Gasteiger partial charge in [0.25, 0.3) is 5.92 Å². The first kappa shape index (κ1) is 19.3. The van der Waals surface area contributed by atoms with Gasteiger partial charge < -0.3 is 10.8 Å². The molecule has 0 spiro atoms. The van der Waals surface area contributed by atoms with E-state index in [1.165, 1.54) is 17.8 Å². The van der Waals surface area contributed by atoms with Crippen LogP contribution in [-0.4, -0.2) is 42.7 Å². The summed E-state index contributed by atoms with van der Waals surface area (Å²) in [6, 6.07) is 1.67. The van der Waals surface area contributed by atoms with Crippen LogP contribution < -0.4 is 5.73 Å². The molecule has 3 N–H and O–H groups in total. The van der Waals surface area contributed by atoms with Gasteiger partial charge in [0.15, 0.2) is 11.6 Å². The topological polar surface area (TPSA) is 107 Å². The minimum Gasteiger partial charge on any atom is -0.393 e. The van der Waals surface area contributed by atoms with Crippen molar-refractivity contribution in [2.45, 2.75) is 57.5 Å². The van der Waals surface area contributed by atoms with Crippen LogP contribution in [0.4, 0.5) is 14.7 Å². The Kier molecular flexibility index (Phi) is 5.50. The minimum atomic E-state index is -2.95. The van der Waals surface area contributed by atoms with Crippen LogP contribution in [0.15, 0.2) is 18.5 Å². The second-order valence-corrected chi connectivity index (χ2v) is 6.95. The minimum absolute atomic E-state index is 0.00342. The Balaban J connectivity index is 1.93. The SMILES string of the molecule is CC(=O)c1c(CC[C@H]2[C@@H](O)CCCCC2(F)F)nc(N)nc1-n1cccn1. The fourth-order valence-electron chi connectivity index (χ4n) is 3.69. The monoisotopic (exact) mass is 379 g/mol. The van der Waals surface area contributed by atoms with E-state index in [9.17, 15) is 18.7 Å². The molecular formula is C18H23F2N5O2. The fraction of sp³-hybridized carbons (Fsp3) is 0.556. The molecule has 1 aliphatic carbocycles. The molecule has 2 heterocycles. The van der Waals surface area contributed by atoms with Crippen molar-refractivity contribution >= 4 is 11.7 Å². The van der Waals surface area contributed by atoms with E-state index < -0.39 is 17.9 Å². The average molecular weight is 379 g/mol. The van der Waals surface area contributed by atoms with Crippen molar-refractivity contribution in [1.82, 2.24) is 19.7 Å². The number of ketones is 1. The lowest BCUT2D eigenvalue weighted by atomic mass is 9.87. The van der Waals surface area contributed by atoms with E-state index >= 15 is 0 Å². The highest BCUT2D eigenvalue weighted by molar-refractivity contribution is 5.98. The summed E-state index contributed by atoms with van der Waals surface area (Å²) in [5.74, 6) is -4.26. The molecule has 146 valence electrons. The number of aromatic nitrogens is 4. The van der Waals surface area contributed by atoms with Crippen molar-refractivity contribution < 1.29 is 18.7 Å². The van der Waals surface area contributed by atoms with Crippen LogP contribution in [0, 0.1) is 5.92 Å². The Labute approximate surface area is 155 Å². The molecule has 0 radical (unpaired) electrons. The number of alkyl halides is 2. The molecule has 0 amide bonds. The number of hydrogen-bond donors (Lipinski definition) is 2. The number of carbonyl (C=O) groups is 1. The molecule has 1 fully saturated rings. The quantitative estimate of drug-likeness (QED) is 0.611. The zero-order valence-electron chi connectivity index (χ0n) is 15.1. The smallest absolute Gasteiger partial charge is 0.253 e. The molecule has 2 aromatic rings. The fourth-order valence-corrected chi connectivity index (χ4v) is 3.69. The maximum Gasteiger partial charge on any atom is 0.253 e. The number of nitrogens with two attached hydrogens (primary N) is 1. The summed E-state index contributed by atoms with van der Waals surface area (Å²) in [5, 5.41) is 14.2. The summed E-state index contributed by atoms with van der Waals surface area (Å²) in [7, 11) is 0. The molecule has 0 saturated heterocycles. The number of aliphatic hydroxyl groups excluding tert-OH is 1. The van der Waals surface area contributed by atoms with Gasteiger partial charge in [-0.15, -0.1) is 0 Å². The lowest BCUT2D eigenvalue weighted by Crippen LogP contribution is -2.36. The third kappa shape index (κ3) is 4.13. The second-order valence-electron chi connectivity index (χ2n) is 6.95. The van der Waals surface area contributed by atoms with Crippen molar-refractivity contribution in [2.24, 2.45) is 5.92 Å². The molecule has 0 aliphatic heterocycles. The maximum atomic E-state index is 14.4. The lowest BCUT2D eigenvalue weighted by Gasteiger charge is -2.28. The van der Waals surface area contributed by atoms with Gasteiger partial charge in [0.2, 0.25) is 5.95 Å². The third-order valence-electron chi connectivity index (χ3n) is 5.01. The standard InChI is InChI=1S/C18H23F2N5O2/c1-11(26)15-13(23-17(21)24-16(15)25-10-4-9-22-25)7-6-12-14(27)5-2-3-8-18(12,19)20/h4,9-10,12,14,27H,2-3,5-8H2,1H3,(H2,21,23,24)/t12-,14-/m0/s1. The van der Waals surface area contributed by atoms with Gasteiger partial charge in [-0.2, -0.15) is 10.1 Å². The van der Waals surface area contributed by atoms with Crippen LogP contribution in [0.3, 0.4) is 0 Å². The van der Waals surface area contributed by atoms with E-state index in [0.717, 1.165) is 0 Å². The molecule has 1 aliphatic rings.